The van der Waals surface area contributed by atoms with E-state index in [1.54, 1.807) is 31.2 Å². The lowest BCUT2D eigenvalue weighted by atomic mass is 10.0. The van der Waals surface area contributed by atoms with Crippen molar-refractivity contribution in [1.82, 2.24) is 24.4 Å². The molecule has 15 heteroatoms. The maximum atomic E-state index is 13.6. The van der Waals surface area contributed by atoms with E-state index in [0.29, 0.717) is 37.9 Å². The number of ether oxygens (including phenoxy) is 1. The second-order valence-electron chi connectivity index (χ2n) is 10.0. The SMILES string of the molecule is Cc1nc2cnc(C#CCN(C)CC(F)(F)F)c(C#N)c2c(=O)n1CCOc1ccc(Cl)cc1-c1ccnc2c(C(=O)O)csc12. The summed E-state index contributed by atoms with van der Waals surface area (Å²) in [5.41, 5.74) is 1.16. The van der Waals surface area contributed by atoms with Crippen molar-refractivity contribution in [2.45, 2.75) is 19.6 Å². The van der Waals surface area contributed by atoms with Crippen LogP contribution in [-0.2, 0) is 6.54 Å². The van der Waals surface area contributed by atoms with Gasteiger partial charge in [0.2, 0.25) is 0 Å². The van der Waals surface area contributed by atoms with Gasteiger partial charge >= 0.3 is 12.1 Å². The van der Waals surface area contributed by atoms with E-state index in [4.69, 9.17) is 16.3 Å². The molecule has 5 rings (SSSR count). The van der Waals surface area contributed by atoms with Gasteiger partial charge in [0.15, 0.2) is 0 Å². The third-order valence-corrected chi connectivity index (χ3v) is 8.03. The highest BCUT2D eigenvalue weighted by atomic mass is 35.5. The zero-order valence-corrected chi connectivity index (χ0v) is 25.7. The second-order valence-corrected chi connectivity index (χ2v) is 11.4. The first-order valence-electron chi connectivity index (χ1n) is 13.4. The molecule has 1 aromatic carbocycles. The Labute approximate surface area is 268 Å². The first-order chi connectivity index (χ1) is 21.9. The predicted octanol–water partition coefficient (Wildman–Crippen LogP) is 5.52. The summed E-state index contributed by atoms with van der Waals surface area (Å²) in [6.45, 7) is 0.281. The average molecular weight is 667 g/mol. The van der Waals surface area contributed by atoms with Crippen LogP contribution < -0.4 is 10.3 Å². The predicted molar refractivity (Wildman–Crippen MR) is 166 cm³/mol. The van der Waals surface area contributed by atoms with Crippen LogP contribution in [0.4, 0.5) is 13.2 Å². The van der Waals surface area contributed by atoms with Crippen LogP contribution in [0.2, 0.25) is 5.02 Å². The van der Waals surface area contributed by atoms with E-state index in [-0.39, 0.29) is 47.4 Å². The molecule has 10 nitrogen and oxygen atoms in total. The Morgan fingerprint density at radius 1 is 1.24 bits per heavy atom. The summed E-state index contributed by atoms with van der Waals surface area (Å²) < 4.78 is 45.9. The molecule has 0 unspecified atom stereocenters. The van der Waals surface area contributed by atoms with Crippen LogP contribution in [0.1, 0.15) is 27.4 Å². The molecule has 0 fully saturated rings. The highest BCUT2D eigenvalue weighted by molar-refractivity contribution is 7.18. The molecule has 0 spiro atoms. The number of rotatable bonds is 8. The van der Waals surface area contributed by atoms with Crippen molar-refractivity contribution in [1.29, 1.82) is 5.26 Å². The highest BCUT2D eigenvalue weighted by Gasteiger charge is 2.28. The van der Waals surface area contributed by atoms with Gasteiger partial charge < -0.3 is 9.84 Å². The summed E-state index contributed by atoms with van der Waals surface area (Å²) in [5.74, 6) is 4.85. The van der Waals surface area contributed by atoms with E-state index in [1.807, 2.05) is 6.07 Å². The van der Waals surface area contributed by atoms with E-state index < -0.39 is 24.2 Å². The fraction of sp³-hybridized carbons (Fsp3) is 0.226. The number of aryl methyl sites for hydroxylation is 1. The molecule has 4 aromatic heterocycles. The molecule has 0 atom stereocenters. The number of carboxylic acid groups (broad SMARTS) is 1. The number of hydrogen-bond acceptors (Lipinski definition) is 9. The number of nitrogens with zero attached hydrogens (tertiary/aromatic N) is 6. The lowest BCUT2D eigenvalue weighted by molar-refractivity contribution is -0.141. The molecule has 0 saturated heterocycles. The Balaban J connectivity index is 1.43. The average Bonchev–Trinajstić information content (AvgIpc) is 3.43. The maximum Gasteiger partial charge on any atom is 0.401 e. The summed E-state index contributed by atoms with van der Waals surface area (Å²) in [6.07, 6.45) is -1.58. The normalized spacial score (nSPS) is 11.4. The zero-order valence-electron chi connectivity index (χ0n) is 24.1. The van der Waals surface area contributed by atoms with Crippen molar-refractivity contribution in [2.24, 2.45) is 0 Å². The Bertz CT molecular complexity index is 2160. The highest BCUT2D eigenvalue weighted by Crippen LogP contribution is 2.39. The van der Waals surface area contributed by atoms with Gasteiger partial charge in [-0.2, -0.15) is 18.4 Å². The molecule has 0 bridgehead atoms. The molecule has 0 amide bonds. The second kappa shape index (κ2) is 13.1. The molecule has 1 N–H and O–H groups in total. The number of benzene rings is 1. The van der Waals surface area contributed by atoms with E-state index in [9.17, 15) is 33.1 Å². The summed E-state index contributed by atoms with van der Waals surface area (Å²) in [5, 5.41) is 21.3. The molecule has 234 valence electrons. The topological polar surface area (TPSA) is 134 Å². The molecule has 0 aliphatic rings. The number of carboxylic acids is 1. The summed E-state index contributed by atoms with van der Waals surface area (Å²) >= 11 is 7.54. The van der Waals surface area contributed by atoms with Crippen LogP contribution in [0.3, 0.4) is 0 Å². The van der Waals surface area contributed by atoms with E-state index in [0.717, 1.165) is 4.90 Å². The van der Waals surface area contributed by atoms with Crippen molar-refractivity contribution in [3.8, 4) is 34.8 Å². The number of thiophene rings is 1. The number of carbonyl (C=O) groups is 1. The van der Waals surface area contributed by atoms with Crippen LogP contribution in [0, 0.1) is 30.1 Å². The van der Waals surface area contributed by atoms with Crippen molar-refractivity contribution in [3.63, 3.8) is 0 Å². The Morgan fingerprint density at radius 2 is 2.02 bits per heavy atom. The zero-order chi connectivity index (χ0) is 33.2. The largest absolute Gasteiger partial charge is 0.491 e. The van der Waals surface area contributed by atoms with Gasteiger partial charge in [-0.05, 0) is 44.2 Å². The Kier molecular flexibility index (Phi) is 9.25. The Hall–Kier alpha value is -5.02. The molecular formula is C31H22ClF3N6O4S. The Morgan fingerprint density at radius 3 is 2.74 bits per heavy atom. The van der Waals surface area contributed by atoms with Crippen LogP contribution in [-0.4, -0.2) is 68.4 Å². The quantitative estimate of drug-likeness (QED) is 0.212. The number of aromatic nitrogens is 4. The number of aromatic carboxylic acids is 1. The summed E-state index contributed by atoms with van der Waals surface area (Å²) in [4.78, 5) is 39.0. The first-order valence-corrected chi connectivity index (χ1v) is 14.7. The number of nitriles is 1. The van der Waals surface area contributed by atoms with E-state index >= 15 is 0 Å². The van der Waals surface area contributed by atoms with E-state index in [1.165, 1.54) is 40.7 Å². The molecule has 0 saturated carbocycles. The number of pyridine rings is 2. The minimum Gasteiger partial charge on any atom is -0.491 e. The van der Waals surface area contributed by atoms with Gasteiger partial charge in [0.1, 0.15) is 35.5 Å². The lowest BCUT2D eigenvalue weighted by Gasteiger charge is -2.15. The third kappa shape index (κ3) is 6.79. The van der Waals surface area contributed by atoms with Crippen molar-refractivity contribution < 1.29 is 27.8 Å². The number of alkyl halides is 3. The van der Waals surface area contributed by atoms with Gasteiger partial charge in [0.25, 0.3) is 5.56 Å². The van der Waals surface area contributed by atoms with Gasteiger partial charge in [-0.15, -0.1) is 11.3 Å². The smallest absolute Gasteiger partial charge is 0.401 e. The molecule has 0 aliphatic carbocycles. The number of halogens is 4. The van der Waals surface area contributed by atoms with Gasteiger partial charge in [-0.3, -0.25) is 19.2 Å². The van der Waals surface area contributed by atoms with Crippen molar-refractivity contribution >= 4 is 50.0 Å². The molecule has 5 aromatic rings. The minimum atomic E-state index is -4.38. The van der Waals surface area contributed by atoms with Gasteiger partial charge in [0, 0.05) is 27.7 Å². The van der Waals surface area contributed by atoms with Crippen LogP contribution in [0.25, 0.3) is 32.2 Å². The summed E-state index contributed by atoms with van der Waals surface area (Å²) in [7, 11) is 1.26. The van der Waals surface area contributed by atoms with Gasteiger partial charge in [-0.1, -0.05) is 17.5 Å². The van der Waals surface area contributed by atoms with Crippen molar-refractivity contribution in [2.75, 3.05) is 26.7 Å². The fourth-order valence-corrected chi connectivity index (χ4v) is 5.99. The molecule has 0 radical (unpaired) electrons. The molecule has 4 heterocycles. The first kappa shape index (κ1) is 32.4. The summed E-state index contributed by atoms with van der Waals surface area (Å²) in [6, 6.07) is 8.67. The van der Waals surface area contributed by atoms with Crippen molar-refractivity contribution in [3.05, 3.63) is 80.1 Å². The fourth-order valence-electron chi connectivity index (χ4n) is 4.79. The number of fused-ring (bicyclic) bond motifs is 2. The molecule has 0 aliphatic heterocycles. The monoisotopic (exact) mass is 666 g/mol. The molecular weight excluding hydrogens is 645 g/mol. The van der Waals surface area contributed by atoms with Crippen LogP contribution in [0.15, 0.2) is 46.8 Å². The van der Waals surface area contributed by atoms with E-state index in [2.05, 4.69) is 26.8 Å². The van der Waals surface area contributed by atoms with Crippen LogP contribution >= 0.6 is 22.9 Å². The van der Waals surface area contributed by atoms with Gasteiger partial charge in [-0.25, -0.2) is 14.8 Å². The standard InChI is InChI=1S/C31H22ClF3N6O4S/c1-17-39-24-14-38-23(4-3-9-40(2)16-31(33,34)35)21(13-36)26(24)29(42)41(17)10-11-45-25-6-5-18(32)12-20(25)19-7-8-37-27-22(30(43)44)15-46-28(19)27/h5-8,12,14-15H,9-11,16H2,1-2H3,(H,43,44). The minimum absolute atomic E-state index is 0.00673. The maximum absolute atomic E-state index is 13.6. The third-order valence-electron chi connectivity index (χ3n) is 6.80. The van der Waals surface area contributed by atoms with Gasteiger partial charge in [0.05, 0.1) is 52.5 Å². The van der Waals surface area contributed by atoms with Crippen LogP contribution in [0.5, 0.6) is 5.75 Å². The lowest BCUT2D eigenvalue weighted by Crippen LogP contribution is -2.31. The number of hydrogen-bond donors (Lipinski definition) is 1. The molecule has 46 heavy (non-hydrogen) atoms.